The molecule has 1 aromatic carbocycles. The van der Waals surface area contributed by atoms with Crippen LogP contribution < -0.4 is 5.43 Å². The third-order valence-corrected chi connectivity index (χ3v) is 3.58. The lowest BCUT2D eigenvalue weighted by Crippen LogP contribution is -2.58. The molecule has 0 saturated carbocycles. The van der Waals surface area contributed by atoms with Crippen molar-refractivity contribution in [2.24, 2.45) is 5.10 Å². The van der Waals surface area contributed by atoms with Gasteiger partial charge in [0.15, 0.2) is 0 Å². The minimum absolute atomic E-state index is 0.0352. The predicted octanol–water partition coefficient (Wildman–Crippen LogP) is 5.01. The maximum atomic E-state index is 13.0. The highest BCUT2D eigenvalue weighted by atomic mass is 35.5. The van der Waals surface area contributed by atoms with E-state index in [0.29, 0.717) is 11.6 Å². The van der Waals surface area contributed by atoms with Gasteiger partial charge in [-0.15, -0.1) is 0 Å². The Balaban J connectivity index is 2.17. The van der Waals surface area contributed by atoms with E-state index in [1.807, 2.05) is 0 Å². The van der Waals surface area contributed by atoms with Gasteiger partial charge in [-0.25, -0.2) is 10.2 Å². The van der Waals surface area contributed by atoms with Crippen molar-refractivity contribution in [2.75, 3.05) is 0 Å². The van der Waals surface area contributed by atoms with Gasteiger partial charge in [-0.05, 0) is 30.3 Å². The van der Waals surface area contributed by atoms with Crippen molar-refractivity contribution in [1.29, 1.82) is 0 Å². The van der Waals surface area contributed by atoms with Crippen molar-refractivity contribution in [3.8, 4) is 11.3 Å². The number of nitrogens with one attached hydrogen (secondary N) is 1. The molecule has 0 fully saturated rings. The topological polar surface area (TPSA) is 74.8 Å². The molecule has 0 unspecified atom stereocenters. The summed E-state index contributed by atoms with van der Waals surface area (Å²) in [5, 5.41) is 11.6. The lowest BCUT2D eigenvalue weighted by Gasteiger charge is -2.27. The van der Waals surface area contributed by atoms with E-state index in [0.717, 1.165) is 12.1 Å². The fourth-order valence-electron chi connectivity index (χ4n) is 1.84. The van der Waals surface area contributed by atoms with Crippen LogP contribution in [0.3, 0.4) is 0 Å². The van der Waals surface area contributed by atoms with E-state index in [1.165, 1.54) is 18.2 Å². The number of carboxylic acids is 1. The summed E-state index contributed by atoms with van der Waals surface area (Å²) in [5.41, 5.74) is 0.422. The van der Waals surface area contributed by atoms with Gasteiger partial charge in [-0.3, -0.25) is 0 Å². The van der Waals surface area contributed by atoms with Gasteiger partial charge in [0.25, 0.3) is 0 Å². The number of alkyl halides is 7. The Morgan fingerprint density at radius 3 is 2.32 bits per heavy atom. The van der Waals surface area contributed by atoms with Crippen LogP contribution in [0.2, 0.25) is 5.02 Å². The minimum Gasteiger partial charge on any atom is -0.478 e. The molecular weight excluding hydrogens is 425 g/mol. The quantitative estimate of drug-likeness (QED) is 0.291. The zero-order valence-corrected chi connectivity index (χ0v) is 14.0. The first-order chi connectivity index (χ1) is 12.8. The monoisotopic (exact) mass is 432 g/mol. The highest BCUT2D eigenvalue weighted by Crippen LogP contribution is 2.45. The van der Waals surface area contributed by atoms with Crippen LogP contribution in [0.5, 0.6) is 0 Å². The first kappa shape index (κ1) is 21.5. The lowest BCUT2D eigenvalue weighted by molar-refractivity contribution is -0.361. The summed E-state index contributed by atoms with van der Waals surface area (Å²) in [6, 6.07) is 0.488. The van der Waals surface area contributed by atoms with E-state index in [1.54, 1.807) is 0 Å². The fourth-order valence-corrected chi connectivity index (χ4v) is 2.04. The summed E-state index contributed by atoms with van der Waals surface area (Å²) in [6.07, 6.45) is -6.05. The molecule has 2 aromatic rings. The van der Waals surface area contributed by atoms with Crippen LogP contribution in [0.1, 0.15) is 16.1 Å². The number of hydrogen-bond acceptors (Lipinski definition) is 4. The maximum Gasteiger partial charge on any atom is 0.462 e. The van der Waals surface area contributed by atoms with Crippen LogP contribution in [0.25, 0.3) is 11.3 Å². The molecule has 0 saturated heterocycles. The van der Waals surface area contributed by atoms with Gasteiger partial charge < -0.3 is 9.52 Å². The highest BCUT2D eigenvalue weighted by molar-refractivity contribution is 6.33. The molecule has 0 aliphatic carbocycles. The Hall–Kier alpha value is -2.76. The number of halogens is 8. The number of aromatic carboxylic acids is 1. The largest absolute Gasteiger partial charge is 0.478 e. The van der Waals surface area contributed by atoms with E-state index in [2.05, 4.69) is 5.10 Å². The van der Waals surface area contributed by atoms with Crippen LogP contribution in [0.4, 0.5) is 30.7 Å². The third-order valence-electron chi connectivity index (χ3n) is 3.26. The molecule has 2 rings (SSSR count). The molecule has 152 valence electrons. The molecule has 0 spiro atoms. The number of nitrogens with zero attached hydrogens (tertiary/aromatic N) is 1. The summed E-state index contributed by atoms with van der Waals surface area (Å²) in [7, 11) is 0. The normalized spacial score (nSPS) is 13.1. The summed E-state index contributed by atoms with van der Waals surface area (Å²) in [4.78, 5) is 11.0. The van der Waals surface area contributed by atoms with E-state index in [4.69, 9.17) is 21.1 Å². The molecule has 0 atom stereocenters. The van der Waals surface area contributed by atoms with Crippen molar-refractivity contribution in [2.45, 2.75) is 18.1 Å². The van der Waals surface area contributed by atoms with Gasteiger partial charge in [0, 0.05) is 5.56 Å². The van der Waals surface area contributed by atoms with Gasteiger partial charge in [-0.2, -0.15) is 35.8 Å². The zero-order valence-electron chi connectivity index (χ0n) is 13.2. The molecule has 1 aromatic heterocycles. The number of rotatable bonds is 6. The van der Waals surface area contributed by atoms with Gasteiger partial charge in [0.05, 0.1) is 16.8 Å². The van der Waals surface area contributed by atoms with Gasteiger partial charge in [0.1, 0.15) is 11.5 Å². The minimum atomic E-state index is -6.49. The Morgan fingerprint density at radius 2 is 1.75 bits per heavy atom. The number of carbonyl (C=O) groups is 1. The Morgan fingerprint density at radius 1 is 1.11 bits per heavy atom. The second kappa shape index (κ2) is 7.34. The van der Waals surface area contributed by atoms with Crippen LogP contribution in [-0.4, -0.2) is 35.4 Å². The van der Waals surface area contributed by atoms with E-state index in [-0.39, 0.29) is 27.7 Å². The van der Waals surface area contributed by atoms with Crippen LogP contribution in [0.15, 0.2) is 39.9 Å². The molecule has 2 N–H and O–H groups in total. The molecule has 0 bridgehead atoms. The predicted molar refractivity (Wildman–Crippen MR) is 82.8 cm³/mol. The smallest absolute Gasteiger partial charge is 0.462 e. The fraction of sp³-hybridized carbons (Fsp3) is 0.200. The SMILES string of the molecule is O=C(O)c1cc(-c2ccc(/C=N\NC(F)(F)C(F)(F)C(F)(F)F)o2)ccc1Cl. The second-order valence-electron chi connectivity index (χ2n) is 5.22. The number of hydrogen-bond donors (Lipinski definition) is 2. The Kier molecular flexibility index (Phi) is 5.64. The van der Waals surface area contributed by atoms with E-state index < -0.39 is 24.1 Å². The molecule has 0 radical (unpaired) electrons. The molecule has 28 heavy (non-hydrogen) atoms. The average Bonchev–Trinajstić information content (AvgIpc) is 3.02. The van der Waals surface area contributed by atoms with E-state index in [9.17, 15) is 35.5 Å². The van der Waals surface area contributed by atoms with Crippen molar-refractivity contribution in [3.05, 3.63) is 46.7 Å². The second-order valence-corrected chi connectivity index (χ2v) is 5.63. The van der Waals surface area contributed by atoms with Crippen LogP contribution >= 0.6 is 11.6 Å². The summed E-state index contributed by atoms with van der Waals surface area (Å²) in [5.74, 6) is -7.94. The van der Waals surface area contributed by atoms with Gasteiger partial charge in [-0.1, -0.05) is 11.6 Å². The Bertz CT molecular complexity index is 909. The number of carboxylic acid groups (broad SMARTS) is 1. The van der Waals surface area contributed by atoms with Crippen molar-refractivity contribution in [1.82, 2.24) is 5.43 Å². The zero-order chi connectivity index (χ0) is 21.3. The number of hydrazone groups is 1. The summed E-state index contributed by atoms with van der Waals surface area (Å²) < 4.78 is 92.6. The molecule has 13 heteroatoms. The highest BCUT2D eigenvalue weighted by Gasteiger charge is 2.73. The summed E-state index contributed by atoms with van der Waals surface area (Å²) >= 11 is 5.71. The van der Waals surface area contributed by atoms with E-state index >= 15 is 0 Å². The molecule has 0 amide bonds. The van der Waals surface area contributed by atoms with Gasteiger partial charge >= 0.3 is 24.1 Å². The molecule has 5 nitrogen and oxygen atoms in total. The average molecular weight is 433 g/mol. The van der Waals surface area contributed by atoms with Gasteiger partial charge in [0.2, 0.25) is 0 Å². The molecule has 0 aliphatic heterocycles. The first-order valence-electron chi connectivity index (χ1n) is 7.02. The van der Waals surface area contributed by atoms with Crippen LogP contribution in [0, 0.1) is 0 Å². The maximum absolute atomic E-state index is 13.0. The molecule has 0 aliphatic rings. The van der Waals surface area contributed by atoms with Crippen LogP contribution in [-0.2, 0) is 0 Å². The number of benzene rings is 1. The standard InChI is InChI=1S/C15H8ClF7N2O3/c16-10-3-1-7(5-9(10)12(26)27)11-4-2-8(28-11)6-24-25-15(22,23)13(17,18)14(19,20)21/h1-6,25H,(H,26,27)/b24-6-. The van der Waals surface area contributed by atoms with Crippen molar-refractivity contribution >= 4 is 23.8 Å². The van der Waals surface area contributed by atoms with Crippen molar-refractivity contribution < 1.29 is 45.1 Å². The summed E-state index contributed by atoms with van der Waals surface area (Å²) in [6.45, 7) is 0. The molecular formula is C15H8ClF7N2O3. The Labute approximate surface area is 156 Å². The number of furan rings is 1. The first-order valence-corrected chi connectivity index (χ1v) is 7.39. The molecule has 1 heterocycles. The van der Waals surface area contributed by atoms with Crippen molar-refractivity contribution in [3.63, 3.8) is 0 Å². The lowest BCUT2D eigenvalue weighted by atomic mass is 10.1. The third kappa shape index (κ3) is 4.21.